The van der Waals surface area contributed by atoms with Gasteiger partial charge in [0.25, 0.3) is 5.91 Å². The first kappa shape index (κ1) is 17.5. The van der Waals surface area contributed by atoms with E-state index in [9.17, 15) is 9.59 Å². The Balaban J connectivity index is 1.64. The molecule has 1 aromatic heterocycles. The van der Waals surface area contributed by atoms with Crippen LogP contribution in [-0.4, -0.2) is 29.0 Å². The largest absolute Gasteiger partial charge is 0.449 e. The lowest BCUT2D eigenvalue weighted by molar-refractivity contribution is -0.130. The van der Waals surface area contributed by atoms with Crippen molar-refractivity contribution < 1.29 is 14.3 Å². The molecule has 3 rings (SSSR count). The Morgan fingerprint density at radius 1 is 1.20 bits per heavy atom. The van der Waals surface area contributed by atoms with Crippen LogP contribution in [0, 0.1) is 13.8 Å². The first-order valence-electron chi connectivity index (χ1n) is 9.06. The lowest BCUT2D eigenvalue weighted by Gasteiger charge is -2.24. The first-order valence-corrected chi connectivity index (χ1v) is 9.06. The summed E-state index contributed by atoms with van der Waals surface area (Å²) >= 11 is 0. The van der Waals surface area contributed by atoms with Gasteiger partial charge in [-0.25, -0.2) is 4.79 Å². The predicted octanol–water partition coefficient (Wildman–Crippen LogP) is 3.78. The molecule has 0 bridgehead atoms. The summed E-state index contributed by atoms with van der Waals surface area (Å²) in [6, 6.07) is 5.64. The average molecular weight is 342 g/mol. The lowest BCUT2D eigenvalue weighted by atomic mass is 9.95. The van der Waals surface area contributed by atoms with Crippen molar-refractivity contribution in [3.8, 4) is 0 Å². The molecule has 1 saturated carbocycles. The van der Waals surface area contributed by atoms with Crippen molar-refractivity contribution in [1.29, 1.82) is 0 Å². The van der Waals surface area contributed by atoms with E-state index < -0.39 is 12.1 Å². The third-order valence-corrected chi connectivity index (χ3v) is 5.15. The Morgan fingerprint density at radius 3 is 2.64 bits per heavy atom. The molecule has 25 heavy (non-hydrogen) atoms. The number of nitrogens with one attached hydrogen (secondary N) is 2. The Bertz CT molecular complexity index is 788. The Hall–Kier alpha value is -2.30. The molecule has 1 fully saturated rings. The van der Waals surface area contributed by atoms with Gasteiger partial charge < -0.3 is 15.0 Å². The van der Waals surface area contributed by atoms with E-state index in [2.05, 4.69) is 10.3 Å². The fourth-order valence-electron chi connectivity index (χ4n) is 3.44. The highest BCUT2D eigenvalue weighted by molar-refractivity contribution is 5.97. The maximum atomic E-state index is 12.4. The average Bonchev–Trinajstić information content (AvgIpc) is 2.89. The number of fused-ring (bicyclic) bond motifs is 1. The van der Waals surface area contributed by atoms with Crippen LogP contribution < -0.4 is 5.32 Å². The number of H-pyrrole nitrogens is 1. The van der Waals surface area contributed by atoms with E-state index in [0.29, 0.717) is 5.56 Å². The quantitative estimate of drug-likeness (QED) is 0.831. The van der Waals surface area contributed by atoms with E-state index in [1.54, 1.807) is 13.0 Å². The second kappa shape index (κ2) is 7.30. The van der Waals surface area contributed by atoms with Gasteiger partial charge in [-0.2, -0.15) is 0 Å². The van der Waals surface area contributed by atoms with E-state index in [1.807, 2.05) is 26.0 Å². The van der Waals surface area contributed by atoms with Crippen LogP contribution in [0.15, 0.2) is 18.2 Å². The normalized spacial score (nSPS) is 16.6. The molecule has 1 amide bonds. The predicted molar refractivity (Wildman–Crippen MR) is 97.7 cm³/mol. The van der Waals surface area contributed by atoms with E-state index in [-0.39, 0.29) is 11.9 Å². The minimum Gasteiger partial charge on any atom is -0.449 e. The van der Waals surface area contributed by atoms with Crippen LogP contribution in [0.4, 0.5) is 0 Å². The van der Waals surface area contributed by atoms with Crippen LogP contribution in [-0.2, 0) is 9.53 Å². The zero-order valence-electron chi connectivity index (χ0n) is 15.1. The zero-order valence-corrected chi connectivity index (χ0v) is 15.1. The molecular formula is C20H26N2O3. The van der Waals surface area contributed by atoms with Crippen LogP contribution in [0.25, 0.3) is 10.9 Å². The summed E-state index contributed by atoms with van der Waals surface area (Å²) in [5.74, 6) is -0.679. The number of ether oxygens (including phenoxy) is 1. The summed E-state index contributed by atoms with van der Waals surface area (Å²) in [5, 5.41) is 4.00. The SMILES string of the molecule is Cc1[nH]c2ccc(C(=O)O[C@H](C)C(=O)NC3CCCCC3)cc2c1C. The number of hydrogen-bond acceptors (Lipinski definition) is 3. The van der Waals surface area contributed by atoms with Crippen LogP contribution in [0.1, 0.15) is 60.6 Å². The van der Waals surface area contributed by atoms with Gasteiger partial charge in [-0.1, -0.05) is 19.3 Å². The molecule has 5 nitrogen and oxygen atoms in total. The molecule has 0 spiro atoms. The number of benzene rings is 1. The van der Waals surface area contributed by atoms with Crippen molar-refractivity contribution in [2.24, 2.45) is 0 Å². The molecule has 2 N–H and O–H groups in total. The molecule has 2 aromatic rings. The standard InChI is InChI=1S/C20H26N2O3/c1-12-13(2)21-18-10-9-15(11-17(12)18)20(24)25-14(3)19(23)22-16-7-5-4-6-8-16/h9-11,14,16,21H,4-8H2,1-3H3,(H,22,23)/t14-/m1/s1. The third kappa shape index (κ3) is 3.86. The maximum absolute atomic E-state index is 12.4. The van der Waals surface area contributed by atoms with Gasteiger partial charge in [0.2, 0.25) is 0 Å². The van der Waals surface area contributed by atoms with Gasteiger partial charge in [-0.05, 0) is 57.4 Å². The van der Waals surface area contributed by atoms with E-state index >= 15 is 0 Å². The smallest absolute Gasteiger partial charge is 0.338 e. The number of aryl methyl sites for hydroxylation is 2. The minimum absolute atomic E-state index is 0.212. The fraction of sp³-hybridized carbons (Fsp3) is 0.500. The number of carbonyl (C=O) groups excluding carboxylic acids is 2. The highest BCUT2D eigenvalue weighted by Gasteiger charge is 2.23. The molecule has 0 radical (unpaired) electrons. The second-order valence-electron chi connectivity index (χ2n) is 7.03. The van der Waals surface area contributed by atoms with Crippen molar-refractivity contribution in [3.05, 3.63) is 35.0 Å². The molecule has 1 heterocycles. The molecule has 0 saturated heterocycles. The number of hydrogen-bond donors (Lipinski definition) is 2. The Morgan fingerprint density at radius 2 is 1.92 bits per heavy atom. The van der Waals surface area contributed by atoms with Crippen molar-refractivity contribution in [2.45, 2.75) is 65.0 Å². The van der Waals surface area contributed by atoms with Gasteiger partial charge in [0.15, 0.2) is 6.10 Å². The Kier molecular flexibility index (Phi) is 5.11. The third-order valence-electron chi connectivity index (χ3n) is 5.15. The molecule has 1 aliphatic carbocycles. The number of carbonyl (C=O) groups is 2. The van der Waals surface area contributed by atoms with Crippen LogP contribution >= 0.6 is 0 Å². The minimum atomic E-state index is -0.792. The molecule has 0 unspecified atom stereocenters. The second-order valence-corrected chi connectivity index (χ2v) is 7.03. The number of aromatic amines is 1. The van der Waals surface area contributed by atoms with Crippen LogP contribution in [0.3, 0.4) is 0 Å². The summed E-state index contributed by atoms with van der Waals surface area (Å²) in [4.78, 5) is 27.9. The van der Waals surface area contributed by atoms with Crippen molar-refractivity contribution in [1.82, 2.24) is 10.3 Å². The van der Waals surface area contributed by atoms with Crippen molar-refractivity contribution in [3.63, 3.8) is 0 Å². The molecular weight excluding hydrogens is 316 g/mol. The summed E-state index contributed by atoms with van der Waals surface area (Å²) in [6.45, 7) is 5.65. The van der Waals surface area contributed by atoms with Gasteiger partial charge in [0, 0.05) is 22.6 Å². The van der Waals surface area contributed by atoms with Crippen LogP contribution in [0.5, 0.6) is 0 Å². The monoisotopic (exact) mass is 342 g/mol. The van der Waals surface area contributed by atoms with Gasteiger partial charge in [-0.3, -0.25) is 4.79 Å². The molecule has 5 heteroatoms. The fourth-order valence-corrected chi connectivity index (χ4v) is 3.44. The number of amides is 1. The number of aromatic nitrogens is 1. The van der Waals surface area contributed by atoms with Crippen molar-refractivity contribution >= 4 is 22.8 Å². The molecule has 134 valence electrons. The molecule has 1 atom stereocenters. The summed E-state index contributed by atoms with van der Waals surface area (Å²) in [7, 11) is 0. The highest BCUT2D eigenvalue weighted by Crippen LogP contribution is 2.23. The van der Waals surface area contributed by atoms with E-state index in [0.717, 1.165) is 47.8 Å². The molecule has 1 aromatic carbocycles. The van der Waals surface area contributed by atoms with Gasteiger partial charge in [-0.15, -0.1) is 0 Å². The van der Waals surface area contributed by atoms with Gasteiger partial charge >= 0.3 is 5.97 Å². The van der Waals surface area contributed by atoms with Crippen molar-refractivity contribution in [2.75, 3.05) is 0 Å². The lowest BCUT2D eigenvalue weighted by Crippen LogP contribution is -2.42. The summed E-state index contributed by atoms with van der Waals surface area (Å²) < 4.78 is 5.37. The zero-order chi connectivity index (χ0) is 18.0. The van der Waals surface area contributed by atoms with Crippen LogP contribution in [0.2, 0.25) is 0 Å². The van der Waals surface area contributed by atoms with Gasteiger partial charge in [0.1, 0.15) is 0 Å². The van der Waals surface area contributed by atoms with Gasteiger partial charge in [0.05, 0.1) is 5.56 Å². The maximum Gasteiger partial charge on any atom is 0.338 e. The van der Waals surface area contributed by atoms with E-state index in [1.165, 1.54) is 6.42 Å². The number of esters is 1. The Labute approximate surface area is 148 Å². The van der Waals surface area contributed by atoms with E-state index in [4.69, 9.17) is 4.74 Å². The molecule has 0 aliphatic heterocycles. The highest BCUT2D eigenvalue weighted by atomic mass is 16.5. The topological polar surface area (TPSA) is 71.2 Å². The molecule has 1 aliphatic rings. The summed E-state index contributed by atoms with van der Waals surface area (Å²) in [5.41, 5.74) is 3.66. The number of rotatable bonds is 4. The first-order chi connectivity index (χ1) is 12.0. The summed E-state index contributed by atoms with van der Waals surface area (Å²) in [6.07, 6.45) is 4.75.